The molecule has 9 rings (SSSR count). The Morgan fingerprint density at radius 1 is 0.561 bits per heavy atom. The molecule has 1 N–H and O–H groups in total. The fourth-order valence-electron chi connectivity index (χ4n) is 8.35. The van der Waals surface area contributed by atoms with Crippen molar-refractivity contribution >= 4 is 11.0 Å². The Labute approximate surface area is 417 Å². The largest absolute Gasteiger partial charge is 0.507 e. The number of aromatic nitrogens is 3. The molecule has 0 saturated heterocycles. The van der Waals surface area contributed by atoms with Gasteiger partial charge in [-0.1, -0.05) is 183 Å². The van der Waals surface area contributed by atoms with Crippen molar-refractivity contribution in [1.82, 2.24) is 14.5 Å². The van der Waals surface area contributed by atoms with Gasteiger partial charge in [-0.25, -0.2) is 4.98 Å². The molecule has 0 aliphatic rings. The smallest absolute Gasteiger partial charge is 0.148 e. The summed E-state index contributed by atoms with van der Waals surface area (Å²) in [5, 5.41) is 11.9. The van der Waals surface area contributed by atoms with Gasteiger partial charge in [-0.05, 0) is 104 Å². The monoisotopic (exact) mass is 1050 g/mol. The summed E-state index contributed by atoms with van der Waals surface area (Å²) < 4.78 is 71.4. The van der Waals surface area contributed by atoms with Crippen molar-refractivity contribution in [2.45, 2.75) is 85.4 Å². The van der Waals surface area contributed by atoms with Gasteiger partial charge in [-0.2, -0.15) is 0 Å². The van der Waals surface area contributed by atoms with E-state index in [9.17, 15) is 5.11 Å². The number of phenols is 1. The normalized spacial score (nSPS) is 14.0. The first-order valence-electron chi connectivity index (χ1n) is 26.0. The molecule has 4 nitrogen and oxygen atoms in total. The molecule has 7 aromatic carbocycles. The zero-order valence-electron chi connectivity index (χ0n) is 46.8. The number of phenolic OH excluding ortho intramolecular Hbond substituents is 1. The van der Waals surface area contributed by atoms with Crippen LogP contribution in [-0.2, 0) is 37.3 Å². The summed E-state index contributed by atoms with van der Waals surface area (Å²) in [5.74, 6) is 0.412. The second-order valence-electron chi connectivity index (χ2n) is 19.9. The number of para-hydroxylation sites is 1. The number of imidazole rings is 1. The van der Waals surface area contributed by atoms with Crippen LogP contribution in [-0.4, -0.2) is 19.6 Å². The van der Waals surface area contributed by atoms with E-state index in [1.165, 1.54) is 0 Å². The van der Waals surface area contributed by atoms with Gasteiger partial charge in [-0.3, -0.25) is 9.55 Å². The number of hydrogen-bond donors (Lipinski definition) is 1. The quantitative estimate of drug-likeness (QED) is 0.162. The van der Waals surface area contributed by atoms with Gasteiger partial charge < -0.3 is 5.11 Å². The fraction of sp³-hybridized carbons (Fsp3) is 0.213. The minimum Gasteiger partial charge on any atom is -0.507 e. The van der Waals surface area contributed by atoms with Crippen LogP contribution >= 0.6 is 0 Å². The summed E-state index contributed by atoms with van der Waals surface area (Å²) in [6, 6.07) is 42.4. The Balaban J connectivity index is 0.00000729. The zero-order chi connectivity index (χ0) is 52.7. The number of fused-ring (bicyclic) bond motifs is 1. The molecule has 0 aliphatic carbocycles. The predicted molar refractivity (Wildman–Crippen MR) is 273 cm³/mol. The summed E-state index contributed by atoms with van der Waals surface area (Å²) >= 11 is 0. The Kier molecular flexibility index (Phi) is 9.93. The molecule has 0 atom stereocenters. The van der Waals surface area contributed by atoms with Gasteiger partial charge in [-0.15, -0.1) is 29.3 Å². The summed E-state index contributed by atoms with van der Waals surface area (Å²) in [4.78, 5) is 10.2. The third kappa shape index (κ3) is 9.09. The summed E-state index contributed by atoms with van der Waals surface area (Å²) in [6.45, 7) is 16.6. The van der Waals surface area contributed by atoms with Crippen LogP contribution in [0.4, 0.5) is 0 Å². The maximum atomic E-state index is 11.9. The topological polar surface area (TPSA) is 50.9 Å². The number of pyridine rings is 1. The predicted octanol–water partition coefficient (Wildman–Crippen LogP) is 16.1. The summed E-state index contributed by atoms with van der Waals surface area (Å²) in [7, 11) is 0. The average molecular weight is 1050 g/mol. The molecule has 0 aliphatic heterocycles. The van der Waals surface area contributed by atoms with Crippen LogP contribution < -0.4 is 0 Å². The standard InChI is InChI=1S/C61H58N3O.Pt/c1-39-32-55(51(41-20-15-12-16-21-41)38-50(39)42-24-26-46(27-25-42)59(2,3)4)64-54-23-17-22-49(57(54)63-58(64)52-37-47(60(5,6)7)28-29-56(52)65)44-33-45(35-48(34-44)61(8,9)10)53-36-43(30-31-62-53)40-18-13-11-14-19-40;/h11-32,34-38,65H,1-10H3;/q-1;/i1D3,11D,13D,14D,18D,19D;. The Morgan fingerprint density at radius 3 is 1.91 bits per heavy atom. The van der Waals surface area contributed by atoms with Crippen molar-refractivity contribution in [3.05, 3.63) is 192 Å². The van der Waals surface area contributed by atoms with E-state index in [2.05, 4.69) is 86.6 Å². The minimum atomic E-state index is -2.54. The molecule has 66 heavy (non-hydrogen) atoms. The molecule has 0 bridgehead atoms. The molecule has 2 heterocycles. The Hall–Kier alpha value is -6.35. The van der Waals surface area contributed by atoms with E-state index in [1.807, 2.05) is 89.5 Å². The summed E-state index contributed by atoms with van der Waals surface area (Å²) in [5.41, 5.74) is 10.6. The molecule has 334 valence electrons. The third-order valence-corrected chi connectivity index (χ3v) is 12.2. The maximum Gasteiger partial charge on any atom is 0.148 e. The van der Waals surface area contributed by atoms with E-state index in [4.69, 9.17) is 20.9 Å². The first-order valence-corrected chi connectivity index (χ1v) is 22.0. The van der Waals surface area contributed by atoms with Crippen molar-refractivity contribution in [2.75, 3.05) is 0 Å². The van der Waals surface area contributed by atoms with Crippen molar-refractivity contribution in [2.24, 2.45) is 0 Å². The molecule has 9 aromatic rings. The zero-order valence-corrected chi connectivity index (χ0v) is 41.1. The van der Waals surface area contributed by atoms with Gasteiger partial charge in [0.15, 0.2) is 0 Å². The van der Waals surface area contributed by atoms with Gasteiger partial charge in [0.1, 0.15) is 11.6 Å². The van der Waals surface area contributed by atoms with Gasteiger partial charge in [0, 0.05) is 42.6 Å². The molecule has 0 unspecified atom stereocenters. The molecular formula is C61H58N3OPt-. The SMILES string of the molecule is [2H]c1c([2H])c([2H])c(-c2ccnc(-c3[c-]c(-c4cccc5c4nc(-c4cc(C(C)(C)C)ccc4O)n5-c4cc(C([2H])([2H])[2H])c(-c5ccc(C(C)(C)C)cc5)cc4-c4ccccc4)cc(C(C)(C)C)c3)c2)c([2H])c1[2H].[Pt]. The van der Waals surface area contributed by atoms with Gasteiger partial charge in [0.25, 0.3) is 0 Å². The number of benzene rings is 7. The van der Waals surface area contributed by atoms with Gasteiger partial charge in [0.2, 0.25) is 0 Å². The van der Waals surface area contributed by atoms with Crippen molar-refractivity contribution < 1.29 is 37.1 Å². The van der Waals surface area contributed by atoms with Crippen molar-refractivity contribution in [1.29, 1.82) is 0 Å². The molecule has 0 spiro atoms. The maximum absolute atomic E-state index is 11.9. The first kappa shape index (κ1) is 36.8. The van der Waals surface area contributed by atoms with Crippen LogP contribution in [0, 0.1) is 12.9 Å². The second kappa shape index (κ2) is 17.8. The first-order chi connectivity index (χ1) is 34.2. The van der Waals surface area contributed by atoms with Crippen LogP contribution in [0.3, 0.4) is 0 Å². The van der Waals surface area contributed by atoms with Gasteiger partial charge in [0.05, 0.1) is 29.1 Å². The van der Waals surface area contributed by atoms with Crippen LogP contribution in [0.25, 0.3) is 83.9 Å². The molecule has 0 amide bonds. The third-order valence-electron chi connectivity index (χ3n) is 12.2. The molecule has 0 radical (unpaired) electrons. The minimum absolute atomic E-state index is 0. The Morgan fingerprint density at radius 2 is 1.23 bits per heavy atom. The van der Waals surface area contributed by atoms with E-state index in [1.54, 1.807) is 30.5 Å². The van der Waals surface area contributed by atoms with Crippen LogP contribution in [0.2, 0.25) is 0 Å². The number of hydrogen-bond acceptors (Lipinski definition) is 3. The van der Waals surface area contributed by atoms with Crippen molar-refractivity contribution in [3.8, 4) is 78.6 Å². The molecule has 0 fully saturated rings. The van der Waals surface area contributed by atoms with E-state index in [-0.39, 0.29) is 66.3 Å². The van der Waals surface area contributed by atoms with E-state index in [0.717, 1.165) is 33.4 Å². The van der Waals surface area contributed by atoms with E-state index < -0.39 is 25.0 Å². The van der Waals surface area contributed by atoms with Crippen LogP contribution in [0.5, 0.6) is 5.75 Å². The summed E-state index contributed by atoms with van der Waals surface area (Å²) in [6.07, 6.45) is 1.57. The molecule has 2 aromatic heterocycles. The van der Waals surface area contributed by atoms with Crippen molar-refractivity contribution in [3.63, 3.8) is 0 Å². The number of rotatable bonds is 7. The van der Waals surface area contributed by atoms with E-state index in [0.29, 0.717) is 61.6 Å². The number of nitrogens with zero attached hydrogens (tertiary/aromatic N) is 3. The second-order valence-corrected chi connectivity index (χ2v) is 19.9. The average Bonchev–Trinajstić information content (AvgIpc) is 3.73. The molecule has 5 heteroatoms. The number of aryl methyl sites for hydroxylation is 1. The Bertz CT molecular complexity index is 3590. The molecule has 0 saturated carbocycles. The van der Waals surface area contributed by atoms with Gasteiger partial charge >= 0.3 is 0 Å². The van der Waals surface area contributed by atoms with Crippen LogP contribution in [0.1, 0.15) is 95.5 Å². The molecular weight excluding hydrogens is 986 g/mol. The van der Waals surface area contributed by atoms with Crippen LogP contribution in [0.15, 0.2) is 164 Å². The number of aromatic hydroxyl groups is 1. The fourth-order valence-corrected chi connectivity index (χ4v) is 8.35. The van der Waals surface area contributed by atoms with E-state index >= 15 is 0 Å².